The first-order valence-electron chi connectivity index (χ1n) is 10.0. The zero-order valence-corrected chi connectivity index (χ0v) is 15.8. The summed E-state index contributed by atoms with van der Waals surface area (Å²) in [6.07, 6.45) is 9.11. The number of hydrogen-bond acceptors (Lipinski definition) is 5. The third-order valence-corrected chi connectivity index (χ3v) is 5.71. The normalized spacial score (nSPS) is 19.9. The van der Waals surface area contributed by atoms with Crippen LogP contribution in [0.3, 0.4) is 0 Å². The molecule has 1 atom stereocenters. The highest BCUT2D eigenvalue weighted by molar-refractivity contribution is 5.94. The van der Waals surface area contributed by atoms with Crippen molar-refractivity contribution in [2.75, 3.05) is 19.6 Å². The average molecular weight is 376 g/mol. The van der Waals surface area contributed by atoms with Crippen LogP contribution in [0.25, 0.3) is 5.65 Å². The summed E-state index contributed by atoms with van der Waals surface area (Å²) in [5.74, 6) is 1.91. The molecule has 5 rings (SSSR count). The third kappa shape index (κ3) is 3.62. The van der Waals surface area contributed by atoms with Gasteiger partial charge in [-0.2, -0.15) is 0 Å². The fraction of sp³-hybridized carbons (Fsp3) is 0.429. The van der Waals surface area contributed by atoms with Crippen molar-refractivity contribution in [1.29, 1.82) is 0 Å². The van der Waals surface area contributed by atoms with E-state index in [4.69, 9.17) is 0 Å². The molecule has 2 fully saturated rings. The third-order valence-electron chi connectivity index (χ3n) is 5.71. The first kappa shape index (κ1) is 17.3. The van der Waals surface area contributed by atoms with E-state index >= 15 is 0 Å². The van der Waals surface area contributed by atoms with E-state index in [1.165, 1.54) is 18.4 Å². The van der Waals surface area contributed by atoms with E-state index in [1.807, 2.05) is 35.0 Å². The van der Waals surface area contributed by atoms with Crippen LogP contribution in [-0.2, 0) is 6.54 Å². The van der Waals surface area contributed by atoms with Gasteiger partial charge >= 0.3 is 0 Å². The van der Waals surface area contributed by atoms with Gasteiger partial charge in [-0.3, -0.25) is 19.1 Å². The predicted molar refractivity (Wildman–Crippen MR) is 105 cm³/mol. The molecule has 1 aliphatic heterocycles. The molecule has 3 aromatic heterocycles. The van der Waals surface area contributed by atoms with Crippen LogP contribution >= 0.6 is 0 Å². The van der Waals surface area contributed by atoms with Crippen LogP contribution in [0.2, 0.25) is 0 Å². The second kappa shape index (κ2) is 7.31. The van der Waals surface area contributed by atoms with Gasteiger partial charge in [-0.05, 0) is 55.5 Å². The summed E-state index contributed by atoms with van der Waals surface area (Å²) in [7, 11) is 0. The van der Waals surface area contributed by atoms with Crippen molar-refractivity contribution in [2.24, 2.45) is 5.92 Å². The molecular formula is C21H24N6O. The van der Waals surface area contributed by atoms with Crippen molar-refractivity contribution in [3.05, 3.63) is 59.8 Å². The molecule has 144 valence electrons. The monoisotopic (exact) mass is 376 g/mol. The highest BCUT2D eigenvalue weighted by Crippen LogP contribution is 2.28. The number of pyridine rings is 2. The molecular weight excluding hydrogens is 352 g/mol. The summed E-state index contributed by atoms with van der Waals surface area (Å²) in [5, 5.41) is 11.8. The quantitative estimate of drug-likeness (QED) is 0.714. The highest BCUT2D eigenvalue weighted by Gasteiger charge is 2.28. The molecule has 7 nitrogen and oxygen atoms in total. The van der Waals surface area contributed by atoms with Crippen LogP contribution in [0, 0.1) is 5.92 Å². The number of carbonyl (C=O) groups excluding carboxylic acids is 1. The number of amides is 1. The molecule has 28 heavy (non-hydrogen) atoms. The van der Waals surface area contributed by atoms with Crippen LogP contribution in [0.15, 0.2) is 42.9 Å². The van der Waals surface area contributed by atoms with Crippen LogP contribution in [0.5, 0.6) is 0 Å². The van der Waals surface area contributed by atoms with Gasteiger partial charge in [0.25, 0.3) is 5.91 Å². The summed E-state index contributed by atoms with van der Waals surface area (Å²) in [6.45, 7) is 3.64. The minimum atomic E-state index is -0.0157. The van der Waals surface area contributed by atoms with E-state index in [-0.39, 0.29) is 5.91 Å². The van der Waals surface area contributed by atoms with E-state index in [2.05, 4.69) is 31.5 Å². The number of hydrogen-bond donors (Lipinski definition) is 1. The number of nitrogens with one attached hydrogen (secondary N) is 1. The number of fused-ring (bicyclic) bond motifs is 1. The van der Waals surface area contributed by atoms with Crippen LogP contribution in [0.4, 0.5) is 0 Å². The van der Waals surface area contributed by atoms with Crippen molar-refractivity contribution in [1.82, 2.24) is 29.8 Å². The molecule has 0 spiro atoms. The lowest BCUT2D eigenvalue weighted by molar-refractivity contribution is 0.0951. The van der Waals surface area contributed by atoms with Gasteiger partial charge < -0.3 is 5.32 Å². The van der Waals surface area contributed by atoms with Crippen LogP contribution < -0.4 is 5.32 Å². The lowest BCUT2D eigenvalue weighted by Crippen LogP contribution is -2.25. The number of rotatable bonds is 6. The van der Waals surface area contributed by atoms with Crippen LogP contribution in [0.1, 0.15) is 46.9 Å². The van der Waals surface area contributed by atoms with Gasteiger partial charge in [0.1, 0.15) is 5.82 Å². The van der Waals surface area contributed by atoms with Gasteiger partial charge in [-0.1, -0.05) is 6.07 Å². The fourth-order valence-corrected chi connectivity index (χ4v) is 3.92. The number of nitrogens with zero attached hydrogens (tertiary/aromatic N) is 5. The molecule has 2 aliphatic rings. The largest absolute Gasteiger partial charge is 0.352 e. The maximum atomic E-state index is 12.5. The molecule has 1 aliphatic carbocycles. The lowest BCUT2D eigenvalue weighted by Gasteiger charge is -2.15. The second-order valence-corrected chi connectivity index (χ2v) is 7.94. The van der Waals surface area contributed by atoms with Gasteiger partial charge in [0.2, 0.25) is 0 Å². The van der Waals surface area contributed by atoms with Gasteiger partial charge in [-0.15, -0.1) is 10.2 Å². The van der Waals surface area contributed by atoms with E-state index in [1.54, 1.807) is 6.20 Å². The zero-order chi connectivity index (χ0) is 18.9. The van der Waals surface area contributed by atoms with Crippen LogP contribution in [-0.4, -0.2) is 50.0 Å². The van der Waals surface area contributed by atoms with Gasteiger partial charge in [0.15, 0.2) is 5.65 Å². The summed E-state index contributed by atoms with van der Waals surface area (Å²) in [4.78, 5) is 19.1. The molecule has 7 heteroatoms. The summed E-state index contributed by atoms with van der Waals surface area (Å²) < 4.78 is 1.99. The maximum Gasteiger partial charge on any atom is 0.252 e. The zero-order valence-electron chi connectivity index (χ0n) is 15.8. The Morgan fingerprint density at radius 1 is 1.18 bits per heavy atom. The second-order valence-electron chi connectivity index (χ2n) is 7.94. The van der Waals surface area contributed by atoms with Crippen molar-refractivity contribution in [3.8, 4) is 0 Å². The Morgan fingerprint density at radius 2 is 2.11 bits per heavy atom. The molecule has 0 aromatic carbocycles. The van der Waals surface area contributed by atoms with E-state index in [0.29, 0.717) is 17.4 Å². The maximum absolute atomic E-state index is 12.5. The van der Waals surface area contributed by atoms with Gasteiger partial charge in [-0.25, -0.2) is 0 Å². The molecule has 1 saturated carbocycles. The van der Waals surface area contributed by atoms with E-state index in [9.17, 15) is 4.79 Å². The van der Waals surface area contributed by atoms with Gasteiger partial charge in [0, 0.05) is 44.1 Å². The highest BCUT2D eigenvalue weighted by atomic mass is 16.1. The number of aromatic nitrogens is 4. The average Bonchev–Trinajstić information content (AvgIpc) is 3.29. The molecule has 1 unspecified atom stereocenters. The Hall–Kier alpha value is -2.80. The fourth-order valence-electron chi connectivity index (χ4n) is 3.92. The summed E-state index contributed by atoms with van der Waals surface area (Å²) >= 11 is 0. The SMILES string of the molecule is O=C(NCC1CC1)c1ccc2nnc(C3CCN(Cc4cccnc4)C3)n2c1. The smallest absolute Gasteiger partial charge is 0.252 e. The van der Waals surface area contributed by atoms with E-state index < -0.39 is 0 Å². The molecule has 1 amide bonds. The Labute approximate surface area is 163 Å². The minimum Gasteiger partial charge on any atom is -0.352 e. The summed E-state index contributed by atoms with van der Waals surface area (Å²) in [5.41, 5.74) is 2.68. The minimum absolute atomic E-state index is 0.0157. The number of carbonyl (C=O) groups is 1. The number of likely N-dealkylation sites (tertiary alicyclic amines) is 1. The standard InChI is InChI=1S/C21H24N6O/c28-21(23-11-15-3-4-15)18-5-6-19-24-25-20(27(19)14-18)17-7-9-26(13-17)12-16-2-1-8-22-10-16/h1-2,5-6,8,10,14-15,17H,3-4,7,9,11-13H2,(H,23,28). The molecule has 3 aromatic rings. The van der Waals surface area contributed by atoms with Crippen molar-refractivity contribution >= 4 is 11.6 Å². The molecule has 1 N–H and O–H groups in total. The Kier molecular flexibility index (Phi) is 4.52. The molecule has 0 radical (unpaired) electrons. The summed E-state index contributed by atoms with van der Waals surface area (Å²) in [6, 6.07) is 7.80. The van der Waals surface area contributed by atoms with Crippen molar-refractivity contribution in [2.45, 2.75) is 31.7 Å². The first-order valence-corrected chi connectivity index (χ1v) is 10.0. The topological polar surface area (TPSA) is 75.4 Å². The van der Waals surface area contributed by atoms with Gasteiger partial charge in [0.05, 0.1) is 5.56 Å². The lowest BCUT2D eigenvalue weighted by atomic mass is 10.1. The van der Waals surface area contributed by atoms with Crippen molar-refractivity contribution < 1.29 is 4.79 Å². The molecule has 1 saturated heterocycles. The Balaban J connectivity index is 1.31. The first-order chi connectivity index (χ1) is 13.8. The Bertz CT molecular complexity index is 981. The van der Waals surface area contributed by atoms with E-state index in [0.717, 1.165) is 44.1 Å². The van der Waals surface area contributed by atoms with Crippen molar-refractivity contribution in [3.63, 3.8) is 0 Å². The molecule has 0 bridgehead atoms. The Morgan fingerprint density at radius 3 is 2.93 bits per heavy atom. The molecule has 4 heterocycles. The predicted octanol–water partition coefficient (Wildman–Crippen LogP) is 2.25.